The molecule has 1 unspecified atom stereocenters. The minimum atomic E-state index is -0.780. The summed E-state index contributed by atoms with van der Waals surface area (Å²) in [5.74, 6) is -0.368. The van der Waals surface area contributed by atoms with Crippen molar-refractivity contribution in [2.45, 2.75) is 32.6 Å². The second-order valence-corrected chi connectivity index (χ2v) is 5.49. The van der Waals surface area contributed by atoms with E-state index in [9.17, 15) is 9.90 Å². The van der Waals surface area contributed by atoms with Crippen molar-refractivity contribution in [3.05, 3.63) is 65.2 Å². The van der Waals surface area contributed by atoms with E-state index in [2.05, 4.69) is 13.0 Å². The summed E-state index contributed by atoms with van der Waals surface area (Å²) in [6, 6.07) is 15.4. The van der Waals surface area contributed by atoms with Gasteiger partial charge in [0.2, 0.25) is 0 Å². The van der Waals surface area contributed by atoms with E-state index in [4.69, 9.17) is 4.74 Å². The summed E-state index contributed by atoms with van der Waals surface area (Å²) in [5, 5.41) is 9.38. The second kappa shape index (κ2) is 7.64. The number of carboxylic acids is 1. The van der Waals surface area contributed by atoms with Crippen molar-refractivity contribution in [3.8, 4) is 5.75 Å². The number of rotatable bonds is 7. The van der Waals surface area contributed by atoms with E-state index in [0.717, 1.165) is 16.9 Å². The normalized spacial score (nSPS) is 11.9. The molecule has 2 rings (SSSR count). The first-order valence-corrected chi connectivity index (χ1v) is 7.56. The quantitative estimate of drug-likeness (QED) is 0.774. The highest BCUT2D eigenvalue weighted by Gasteiger charge is 2.19. The zero-order chi connectivity index (χ0) is 15.9. The zero-order valence-corrected chi connectivity index (χ0v) is 13.1. The molecule has 2 aromatic rings. The lowest BCUT2D eigenvalue weighted by atomic mass is 9.94. The van der Waals surface area contributed by atoms with Crippen molar-refractivity contribution in [3.63, 3.8) is 0 Å². The van der Waals surface area contributed by atoms with Crippen LogP contribution in [0.15, 0.2) is 48.5 Å². The number of hydrogen-bond donors (Lipinski definition) is 1. The third-order valence-corrected chi connectivity index (χ3v) is 3.95. The number of aryl methyl sites for hydroxylation is 1. The summed E-state index contributed by atoms with van der Waals surface area (Å²) in [4.78, 5) is 11.4. The number of aliphatic carboxylic acids is 1. The van der Waals surface area contributed by atoms with Gasteiger partial charge in [-0.2, -0.15) is 0 Å². The van der Waals surface area contributed by atoms with Crippen LogP contribution in [0, 0.1) is 13.8 Å². The number of carbonyl (C=O) groups is 1. The average Bonchev–Trinajstić information content (AvgIpc) is 2.51. The number of hydrogen-bond acceptors (Lipinski definition) is 2. The van der Waals surface area contributed by atoms with Gasteiger partial charge in [0.15, 0.2) is 0 Å². The molecule has 3 nitrogen and oxygen atoms in total. The van der Waals surface area contributed by atoms with Gasteiger partial charge in [0, 0.05) is 0 Å². The Balaban J connectivity index is 1.89. The van der Waals surface area contributed by atoms with Gasteiger partial charge in [0.25, 0.3) is 0 Å². The van der Waals surface area contributed by atoms with Crippen LogP contribution in [0.3, 0.4) is 0 Å². The summed E-state index contributed by atoms with van der Waals surface area (Å²) in [6.07, 6.45) is 1.28. The Morgan fingerprint density at radius 2 is 1.82 bits per heavy atom. The van der Waals surface area contributed by atoms with E-state index < -0.39 is 11.9 Å². The van der Waals surface area contributed by atoms with E-state index in [1.54, 1.807) is 0 Å². The number of carboxylic acid groups (broad SMARTS) is 1. The molecule has 0 bridgehead atoms. The third-order valence-electron chi connectivity index (χ3n) is 3.95. The molecule has 0 aromatic heterocycles. The highest BCUT2D eigenvalue weighted by molar-refractivity contribution is 5.75. The summed E-state index contributed by atoms with van der Waals surface area (Å²) >= 11 is 0. The van der Waals surface area contributed by atoms with Crippen LogP contribution in [-0.2, 0) is 4.79 Å². The first kappa shape index (κ1) is 16.1. The largest absolute Gasteiger partial charge is 0.493 e. The van der Waals surface area contributed by atoms with Crippen LogP contribution in [0.1, 0.15) is 35.4 Å². The van der Waals surface area contributed by atoms with Gasteiger partial charge in [-0.15, -0.1) is 0 Å². The molecule has 0 spiro atoms. The van der Waals surface area contributed by atoms with Gasteiger partial charge in [-0.05, 0) is 49.4 Å². The highest BCUT2D eigenvalue weighted by atomic mass is 16.5. The molecule has 0 saturated carbocycles. The Bertz CT molecular complexity index is 620. The monoisotopic (exact) mass is 298 g/mol. The van der Waals surface area contributed by atoms with E-state index in [-0.39, 0.29) is 0 Å². The van der Waals surface area contributed by atoms with Gasteiger partial charge in [0.1, 0.15) is 5.75 Å². The average molecular weight is 298 g/mol. The molecule has 0 fully saturated rings. The molecular weight excluding hydrogens is 276 g/mol. The van der Waals surface area contributed by atoms with Crippen molar-refractivity contribution >= 4 is 5.97 Å². The molecule has 1 atom stereocenters. The van der Waals surface area contributed by atoms with Crippen LogP contribution in [0.5, 0.6) is 5.75 Å². The molecule has 0 heterocycles. The minimum absolute atomic E-state index is 0.469. The first-order valence-electron chi connectivity index (χ1n) is 7.56. The summed E-state index contributed by atoms with van der Waals surface area (Å²) in [7, 11) is 0. The lowest BCUT2D eigenvalue weighted by Gasteiger charge is -2.14. The molecule has 0 saturated heterocycles. The van der Waals surface area contributed by atoms with Crippen molar-refractivity contribution in [2.75, 3.05) is 6.61 Å². The van der Waals surface area contributed by atoms with Crippen LogP contribution in [0.4, 0.5) is 0 Å². The van der Waals surface area contributed by atoms with Crippen LogP contribution < -0.4 is 4.74 Å². The Morgan fingerprint density at radius 1 is 1.09 bits per heavy atom. The van der Waals surface area contributed by atoms with Gasteiger partial charge in [-0.1, -0.05) is 42.5 Å². The minimum Gasteiger partial charge on any atom is -0.493 e. The fourth-order valence-corrected chi connectivity index (χ4v) is 2.47. The SMILES string of the molecule is Cc1cccc(OCCCC(C(=O)O)c2ccccc2)c1C. The fourth-order valence-electron chi connectivity index (χ4n) is 2.47. The predicted molar refractivity (Wildman–Crippen MR) is 87.5 cm³/mol. The van der Waals surface area contributed by atoms with Crippen molar-refractivity contribution in [1.29, 1.82) is 0 Å². The second-order valence-electron chi connectivity index (χ2n) is 5.49. The lowest BCUT2D eigenvalue weighted by molar-refractivity contribution is -0.139. The molecule has 0 radical (unpaired) electrons. The van der Waals surface area contributed by atoms with Gasteiger partial charge in [-0.25, -0.2) is 0 Å². The molecule has 0 aliphatic rings. The number of ether oxygens (including phenoxy) is 1. The van der Waals surface area contributed by atoms with Crippen LogP contribution in [-0.4, -0.2) is 17.7 Å². The molecule has 0 aliphatic carbocycles. The third kappa shape index (κ3) is 4.10. The van der Waals surface area contributed by atoms with Crippen LogP contribution in [0.25, 0.3) is 0 Å². The molecule has 22 heavy (non-hydrogen) atoms. The van der Waals surface area contributed by atoms with Crippen molar-refractivity contribution in [1.82, 2.24) is 0 Å². The molecule has 2 aromatic carbocycles. The zero-order valence-electron chi connectivity index (χ0n) is 13.1. The van der Waals surface area contributed by atoms with Crippen molar-refractivity contribution < 1.29 is 14.6 Å². The van der Waals surface area contributed by atoms with E-state index in [1.807, 2.05) is 49.4 Å². The standard InChI is InChI=1S/C19H22O3/c1-14-8-6-12-18(15(14)2)22-13-7-11-17(19(20)21)16-9-4-3-5-10-16/h3-6,8-10,12,17H,7,11,13H2,1-2H3,(H,20,21). The molecule has 1 N–H and O–H groups in total. The van der Waals surface area contributed by atoms with E-state index in [0.29, 0.717) is 19.4 Å². The lowest BCUT2D eigenvalue weighted by Crippen LogP contribution is -2.13. The molecule has 116 valence electrons. The van der Waals surface area contributed by atoms with Crippen LogP contribution >= 0.6 is 0 Å². The van der Waals surface area contributed by atoms with Gasteiger partial charge in [-0.3, -0.25) is 4.79 Å². The summed E-state index contributed by atoms with van der Waals surface area (Å²) in [5.41, 5.74) is 3.19. The fraction of sp³-hybridized carbons (Fsp3) is 0.316. The maximum atomic E-state index is 11.4. The Kier molecular flexibility index (Phi) is 5.59. The maximum absolute atomic E-state index is 11.4. The number of benzene rings is 2. The van der Waals surface area contributed by atoms with Gasteiger partial charge >= 0.3 is 5.97 Å². The summed E-state index contributed by atoms with van der Waals surface area (Å²) in [6.45, 7) is 4.62. The first-order chi connectivity index (χ1) is 10.6. The Morgan fingerprint density at radius 3 is 2.50 bits per heavy atom. The molecule has 0 aliphatic heterocycles. The molecule has 0 amide bonds. The smallest absolute Gasteiger partial charge is 0.310 e. The highest BCUT2D eigenvalue weighted by Crippen LogP contribution is 2.23. The maximum Gasteiger partial charge on any atom is 0.310 e. The predicted octanol–water partition coefficient (Wildman–Crippen LogP) is 4.33. The Labute approximate surface area is 131 Å². The van der Waals surface area contributed by atoms with Crippen LogP contribution in [0.2, 0.25) is 0 Å². The molecular formula is C19H22O3. The molecule has 3 heteroatoms. The Hall–Kier alpha value is -2.29. The van der Waals surface area contributed by atoms with E-state index in [1.165, 1.54) is 5.56 Å². The van der Waals surface area contributed by atoms with Crippen molar-refractivity contribution in [2.24, 2.45) is 0 Å². The van der Waals surface area contributed by atoms with E-state index >= 15 is 0 Å². The van der Waals surface area contributed by atoms with Gasteiger partial charge < -0.3 is 9.84 Å². The summed E-state index contributed by atoms with van der Waals surface area (Å²) < 4.78 is 5.79. The topological polar surface area (TPSA) is 46.5 Å². The van der Waals surface area contributed by atoms with Gasteiger partial charge in [0.05, 0.1) is 12.5 Å².